The van der Waals surface area contributed by atoms with Gasteiger partial charge in [-0.05, 0) is 78.2 Å². The van der Waals surface area contributed by atoms with Gasteiger partial charge in [0.05, 0.1) is 5.39 Å². The Morgan fingerprint density at radius 1 is 1.00 bits per heavy atom. The molecule has 2 heterocycles. The number of aromatic nitrogens is 2. The minimum atomic E-state index is 0.233. The van der Waals surface area contributed by atoms with E-state index in [2.05, 4.69) is 33.5 Å². The van der Waals surface area contributed by atoms with Gasteiger partial charge in [0.15, 0.2) is 0 Å². The third kappa shape index (κ3) is 3.34. The fraction of sp³-hybridized carbons (Fsp3) is 0.217. The number of benzene rings is 2. The van der Waals surface area contributed by atoms with Crippen LogP contribution < -0.4 is 4.90 Å². The van der Waals surface area contributed by atoms with Gasteiger partial charge in [0.25, 0.3) is 0 Å². The lowest BCUT2D eigenvalue weighted by Crippen LogP contribution is -2.12. The van der Waals surface area contributed by atoms with Crippen LogP contribution in [-0.2, 0) is 12.8 Å². The molecule has 0 radical (unpaired) electrons. The highest BCUT2D eigenvalue weighted by Gasteiger charge is 2.20. The molecule has 2 aromatic carbocycles. The Balaban J connectivity index is 1.67. The van der Waals surface area contributed by atoms with Gasteiger partial charge >= 0.3 is 0 Å². The number of fused-ring (bicyclic) bond motifs is 2. The number of phenolic OH excluding ortho intramolecular Hbond substituents is 1. The molecule has 0 amide bonds. The number of hydrogen-bond acceptors (Lipinski definition) is 5. The Kier molecular flexibility index (Phi) is 4.64. The fourth-order valence-electron chi connectivity index (χ4n) is 4.05. The zero-order chi connectivity index (χ0) is 20.0. The van der Waals surface area contributed by atoms with E-state index in [1.165, 1.54) is 36.0 Å². The van der Waals surface area contributed by atoms with Crippen LogP contribution in [0.3, 0.4) is 0 Å². The minimum absolute atomic E-state index is 0.233. The maximum atomic E-state index is 9.62. The summed E-state index contributed by atoms with van der Waals surface area (Å²) < 4.78 is 0. The average molecular weight is 422 g/mol. The molecule has 1 aliphatic carbocycles. The standard InChI is InChI=1S/C23H20ClN3OS/c1-27(17-8-10-18(28)11-9-17)21-20-19(13-29-22(20)26-23(24)25-21)16-7-6-14-4-2-3-5-15(14)12-16/h6-13,28H,2-5H2,1H3. The van der Waals surface area contributed by atoms with Crippen LogP contribution in [0.5, 0.6) is 5.75 Å². The molecule has 1 aliphatic rings. The molecule has 146 valence electrons. The van der Waals surface area contributed by atoms with Gasteiger partial charge in [-0.2, -0.15) is 4.98 Å². The van der Waals surface area contributed by atoms with Crippen molar-refractivity contribution in [2.24, 2.45) is 0 Å². The first-order valence-corrected chi connectivity index (χ1v) is 11.0. The molecule has 4 aromatic rings. The van der Waals surface area contributed by atoms with Crippen LogP contribution in [0.25, 0.3) is 21.3 Å². The van der Waals surface area contributed by atoms with Gasteiger partial charge in [-0.3, -0.25) is 0 Å². The lowest BCUT2D eigenvalue weighted by Gasteiger charge is -2.20. The summed E-state index contributed by atoms with van der Waals surface area (Å²) in [6, 6.07) is 13.9. The van der Waals surface area contributed by atoms with Crippen LogP contribution in [0.15, 0.2) is 47.8 Å². The van der Waals surface area contributed by atoms with E-state index in [9.17, 15) is 5.11 Å². The van der Waals surface area contributed by atoms with E-state index in [4.69, 9.17) is 11.6 Å². The van der Waals surface area contributed by atoms with Gasteiger partial charge < -0.3 is 10.0 Å². The Bertz CT molecular complexity index is 1200. The van der Waals surface area contributed by atoms with Crippen molar-refractivity contribution in [2.75, 3.05) is 11.9 Å². The molecule has 29 heavy (non-hydrogen) atoms. The summed E-state index contributed by atoms with van der Waals surface area (Å²) in [6.45, 7) is 0. The summed E-state index contributed by atoms with van der Waals surface area (Å²) in [5.74, 6) is 0.998. The Labute approximate surface area is 178 Å². The van der Waals surface area contributed by atoms with Gasteiger partial charge in [-0.1, -0.05) is 18.2 Å². The lowest BCUT2D eigenvalue weighted by molar-refractivity contribution is 0.475. The average Bonchev–Trinajstić information content (AvgIpc) is 3.16. The lowest BCUT2D eigenvalue weighted by atomic mass is 9.89. The Hall–Kier alpha value is -2.63. The SMILES string of the molecule is CN(c1ccc(O)cc1)c1nc(Cl)nc2scc(-c3ccc4c(c3)CCCC4)c12. The molecular formula is C23H20ClN3OS. The second-order valence-electron chi connectivity index (χ2n) is 7.41. The maximum absolute atomic E-state index is 9.62. The number of aromatic hydroxyl groups is 1. The van der Waals surface area contributed by atoms with Crippen LogP contribution in [0.2, 0.25) is 5.28 Å². The minimum Gasteiger partial charge on any atom is -0.508 e. The predicted molar refractivity (Wildman–Crippen MR) is 121 cm³/mol. The maximum Gasteiger partial charge on any atom is 0.225 e. The van der Waals surface area contributed by atoms with E-state index in [0.29, 0.717) is 0 Å². The molecule has 1 N–H and O–H groups in total. The number of aryl methyl sites for hydroxylation is 2. The first-order valence-electron chi connectivity index (χ1n) is 9.70. The summed E-state index contributed by atoms with van der Waals surface area (Å²) in [4.78, 5) is 11.9. The first kappa shape index (κ1) is 18.4. The number of nitrogens with zero attached hydrogens (tertiary/aromatic N) is 3. The van der Waals surface area contributed by atoms with Crippen LogP contribution in [-0.4, -0.2) is 22.1 Å². The van der Waals surface area contributed by atoms with E-state index < -0.39 is 0 Å². The Morgan fingerprint density at radius 2 is 1.76 bits per heavy atom. The van der Waals surface area contributed by atoms with Gasteiger partial charge in [-0.25, -0.2) is 4.98 Å². The van der Waals surface area contributed by atoms with Crippen molar-refractivity contribution < 1.29 is 5.11 Å². The fourth-order valence-corrected chi connectivity index (χ4v) is 5.21. The monoisotopic (exact) mass is 421 g/mol. The third-order valence-electron chi connectivity index (χ3n) is 5.60. The van der Waals surface area contributed by atoms with Gasteiger partial charge in [-0.15, -0.1) is 11.3 Å². The van der Waals surface area contributed by atoms with Crippen LogP contribution in [0.1, 0.15) is 24.0 Å². The number of rotatable bonds is 3. The summed E-state index contributed by atoms with van der Waals surface area (Å²) in [5, 5.41) is 13.0. The van der Waals surface area contributed by atoms with E-state index in [1.54, 1.807) is 23.5 Å². The highest BCUT2D eigenvalue weighted by molar-refractivity contribution is 7.17. The van der Waals surface area contributed by atoms with Crippen LogP contribution in [0, 0.1) is 0 Å². The molecular weight excluding hydrogens is 402 g/mol. The third-order valence-corrected chi connectivity index (χ3v) is 6.64. The summed E-state index contributed by atoms with van der Waals surface area (Å²) >= 11 is 7.84. The molecule has 0 unspecified atom stereocenters. The van der Waals surface area contributed by atoms with Gasteiger partial charge in [0.1, 0.15) is 16.4 Å². The van der Waals surface area contributed by atoms with Gasteiger partial charge in [0, 0.05) is 23.7 Å². The van der Waals surface area contributed by atoms with Crippen molar-refractivity contribution in [3.05, 3.63) is 64.3 Å². The summed E-state index contributed by atoms with van der Waals surface area (Å²) in [5.41, 5.74) is 6.18. The Morgan fingerprint density at radius 3 is 2.55 bits per heavy atom. The van der Waals surface area contributed by atoms with Crippen molar-refractivity contribution >= 4 is 44.7 Å². The van der Waals surface area contributed by atoms with Crippen LogP contribution >= 0.6 is 22.9 Å². The molecule has 0 fully saturated rings. The van der Waals surface area contributed by atoms with Crippen molar-refractivity contribution in [3.8, 4) is 16.9 Å². The summed E-state index contributed by atoms with van der Waals surface area (Å²) in [7, 11) is 1.96. The molecule has 6 heteroatoms. The number of anilines is 2. The van der Waals surface area contributed by atoms with Crippen LogP contribution in [0.4, 0.5) is 11.5 Å². The molecule has 0 spiro atoms. The topological polar surface area (TPSA) is 49.2 Å². The normalized spacial score (nSPS) is 13.4. The number of phenols is 1. The van der Waals surface area contributed by atoms with E-state index in [-0.39, 0.29) is 11.0 Å². The largest absolute Gasteiger partial charge is 0.508 e. The molecule has 2 aromatic heterocycles. The van der Waals surface area contributed by atoms with Crippen molar-refractivity contribution in [1.82, 2.24) is 9.97 Å². The second kappa shape index (κ2) is 7.32. The number of hydrogen-bond donors (Lipinski definition) is 1. The molecule has 0 bridgehead atoms. The molecule has 0 saturated carbocycles. The van der Waals surface area contributed by atoms with Gasteiger partial charge in [0.2, 0.25) is 5.28 Å². The molecule has 4 nitrogen and oxygen atoms in total. The smallest absolute Gasteiger partial charge is 0.225 e. The zero-order valence-electron chi connectivity index (χ0n) is 16.0. The first-order chi connectivity index (χ1) is 14.1. The molecule has 0 atom stereocenters. The highest BCUT2D eigenvalue weighted by Crippen LogP contribution is 2.41. The van der Waals surface area contributed by atoms with E-state index in [1.807, 2.05) is 24.1 Å². The van der Waals surface area contributed by atoms with Crippen molar-refractivity contribution in [3.63, 3.8) is 0 Å². The molecule has 0 aliphatic heterocycles. The van der Waals surface area contributed by atoms with E-state index >= 15 is 0 Å². The zero-order valence-corrected chi connectivity index (χ0v) is 17.6. The second-order valence-corrected chi connectivity index (χ2v) is 8.61. The van der Waals surface area contributed by atoms with Crippen molar-refractivity contribution in [2.45, 2.75) is 25.7 Å². The number of thiophene rings is 1. The summed E-state index contributed by atoms with van der Waals surface area (Å²) in [6.07, 6.45) is 4.86. The molecule has 5 rings (SSSR count). The number of halogens is 1. The van der Waals surface area contributed by atoms with Crippen molar-refractivity contribution in [1.29, 1.82) is 0 Å². The van der Waals surface area contributed by atoms with E-state index in [0.717, 1.165) is 33.7 Å². The molecule has 0 saturated heterocycles. The highest BCUT2D eigenvalue weighted by atomic mass is 35.5. The predicted octanol–water partition coefficient (Wildman–Crippen LogP) is 6.36. The quantitative estimate of drug-likeness (QED) is 0.391.